The summed E-state index contributed by atoms with van der Waals surface area (Å²) in [6.07, 6.45) is 1.39. The SMILES string of the molecule is O=C(N/N=C/c1cc(Br)ccc1OCc1cccc(F)c1)c1ccc(O)cc1O. The van der Waals surface area contributed by atoms with Crippen LogP contribution in [0.1, 0.15) is 21.5 Å². The van der Waals surface area contributed by atoms with Crippen molar-refractivity contribution in [2.75, 3.05) is 0 Å². The van der Waals surface area contributed by atoms with Crippen molar-refractivity contribution in [1.82, 2.24) is 5.43 Å². The highest BCUT2D eigenvalue weighted by molar-refractivity contribution is 9.10. The van der Waals surface area contributed by atoms with E-state index in [1.807, 2.05) is 0 Å². The van der Waals surface area contributed by atoms with Gasteiger partial charge in [-0.15, -0.1) is 0 Å². The number of ether oxygens (including phenoxy) is 1. The first-order valence-corrected chi connectivity index (χ1v) is 9.24. The molecule has 0 spiro atoms. The number of aromatic hydroxyl groups is 2. The Morgan fingerprint density at radius 2 is 1.97 bits per heavy atom. The number of hydrogen-bond donors (Lipinski definition) is 3. The molecule has 0 radical (unpaired) electrons. The Kier molecular flexibility index (Phi) is 6.46. The molecule has 3 rings (SSSR count). The molecular weight excluding hydrogens is 443 g/mol. The minimum absolute atomic E-state index is 0.0308. The fourth-order valence-corrected chi connectivity index (χ4v) is 2.85. The monoisotopic (exact) mass is 458 g/mol. The second-order valence-electron chi connectivity index (χ2n) is 6.00. The number of amides is 1. The summed E-state index contributed by atoms with van der Waals surface area (Å²) in [5, 5.41) is 22.9. The minimum atomic E-state index is -0.643. The van der Waals surface area contributed by atoms with Gasteiger partial charge in [0.2, 0.25) is 0 Å². The summed E-state index contributed by atoms with van der Waals surface area (Å²) >= 11 is 3.36. The molecule has 1 amide bonds. The van der Waals surface area contributed by atoms with E-state index in [1.54, 1.807) is 30.3 Å². The molecule has 3 aromatic carbocycles. The normalized spacial score (nSPS) is 10.8. The predicted molar refractivity (Wildman–Crippen MR) is 110 cm³/mol. The fourth-order valence-electron chi connectivity index (χ4n) is 2.47. The molecule has 148 valence electrons. The summed E-state index contributed by atoms with van der Waals surface area (Å²) in [4.78, 5) is 12.1. The lowest BCUT2D eigenvalue weighted by molar-refractivity contribution is 0.0952. The molecule has 0 heterocycles. The van der Waals surface area contributed by atoms with Crippen molar-refractivity contribution in [1.29, 1.82) is 0 Å². The molecule has 3 aromatic rings. The van der Waals surface area contributed by atoms with Crippen LogP contribution in [-0.2, 0) is 6.61 Å². The molecular formula is C21H16BrFN2O4. The van der Waals surface area contributed by atoms with E-state index in [-0.39, 0.29) is 29.5 Å². The van der Waals surface area contributed by atoms with Crippen molar-refractivity contribution >= 4 is 28.1 Å². The Balaban J connectivity index is 1.71. The standard InChI is InChI=1S/C21H16BrFN2O4/c22-15-4-7-20(29-12-13-2-1-3-16(23)8-13)14(9-15)11-24-25-21(28)18-6-5-17(26)10-19(18)27/h1-11,26-27H,12H2,(H,25,28)/b24-11+. The molecule has 0 bridgehead atoms. The van der Waals surface area contributed by atoms with Crippen molar-refractivity contribution in [2.24, 2.45) is 5.10 Å². The number of nitrogens with one attached hydrogen (secondary N) is 1. The van der Waals surface area contributed by atoms with E-state index in [0.29, 0.717) is 16.9 Å². The molecule has 29 heavy (non-hydrogen) atoms. The van der Waals surface area contributed by atoms with Crippen LogP contribution in [0, 0.1) is 5.82 Å². The molecule has 3 N–H and O–H groups in total. The quantitative estimate of drug-likeness (QED) is 0.378. The lowest BCUT2D eigenvalue weighted by Crippen LogP contribution is -2.17. The van der Waals surface area contributed by atoms with E-state index < -0.39 is 5.91 Å². The zero-order valence-corrected chi connectivity index (χ0v) is 16.6. The molecule has 0 saturated carbocycles. The van der Waals surface area contributed by atoms with Crippen LogP contribution in [0.2, 0.25) is 0 Å². The Bertz CT molecular complexity index is 1070. The Labute approximate surface area is 174 Å². The van der Waals surface area contributed by atoms with Crippen molar-refractivity contribution in [3.63, 3.8) is 0 Å². The van der Waals surface area contributed by atoms with E-state index >= 15 is 0 Å². The summed E-state index contributed by atoms with van der Waals surface area (Å²) < 4.78 is 19.8. The second-order valence-corrected chi connectivity index (χ2v) is 6.92. The molecule has 0 aliphatic heterocycles. The van der Waals surface area contributed by atoms with Crippen LogP contribution in [0.5, 0.6) is 17.2 Å². The zero-order chi connectivity index (χ0) is 20.8. The lowest BCUT2D eigenvalue weighted by atomic mass is 10.2. The van der Waals surface area contributed by atoms with Gasteiger partial charge < -0.3 is 14.9 Å². The van der Waals surface area contributed by atoms with Crippen LogP contribution in [0.4, 0.5) is 4.39 Å². The summed E-state index contributed by atoms with van der Waals surface area (Å²) in [6, 6.07) is 15.0. The largest absolute Gasteiger partial charge is 0.508 e. The molecule has 0 aliphatic rings. The van der Waals surface area contributed by atoms with Gasteiger partial charge in [0.25, 0.3) is 5.91 Å². The molecule has 0 saturated heterocycles. The second kappa shape index (κ2) is 9.20. The average Bonchev–Trinajstić information content (AvgIpc) is 2.67. The number of hydrazone groups is 1. The third kappa shape index (κ3) is 5.55. The summed E-state index contributed by atoms with van der Waals surface area (Å²) in [6.45, 7) is 0.161. The van der Waals surface area contributed by atoms with Gasteiger partial charge in [-0.2, -0.15) is 5.10 Å². The highest BCUT2D eigenvalue weighted by atomic mass is 79.9. The maximum absolute atomic E-state index is 13.3. The first-order valence-electron chi connectivity index (χ1n) is 8.44. The van der Waals surface area contributed by atoms with Crippen LogP contribution in [0.3, 0.4) is 0 Å². The van der Waals surface area contributed by atoms with E-state index in [0.717, 1.165) is 10.5 Å². The number of hydrogen-bond acceptors (Lipinski definition) is 5. The van der Waals surface area contributed by atoms with Gasteiger partial charge >= 0.3 is 0 Å². The van der Waals surface area contributed by atoms with Crippen LogP contribution < -0.4 is 10.2 Å². The maximum Gasteiger partial charge on any atom is 0.275 e. The number of halogens is 2. The number of benzene rings is 3. The molecule has 6 nitrogen and oxygen atoms in total. The number of rotatable bonds is 6. The number of nitrogens with zero attached hydrogens (tertiary/aromatic N) is 1. The number of phenolic OH excluding ortho intramolecular Hbond substituents is 2. The van der Waals surface area contributed by atoms with Gasteiger partial charge in [0.05, 0.1) is 11.8 Å². The minimum Gasteiger partial charge on any atom is -0.508 e. The van der Waals surface area contributed by atoms with Crippen LogP contribution in [0.25, 0.3) is 0 Å². The van der Waals surface area contributed by atoms with Gasteiger partial charge in [-0.1, -0.05) is 28.1 Å². The van der Waals surface area contributed by atoms with E-state index in [2.05, 4.69) is 26.5 Å². The Morgan fingerprint density at radius 1 is 1.14 bits per heavy atom. The lowest BCUT2D eigenvalue weighted by Gasteiger charge is -2.10. The molecule has 8 heteroatoms. The molecule has 0 aromatic heterocycles. The number of carbonyl (C=O) groups is 1. The summed E-state index contributed by atoms with van der Waals surface area (Å²) in [7, 11) is 0. The highest BCUT2D eigenvalue weighted by Gasteiger charge is 2.11. The number of phenols is 2. The molecule has 0 atom stereocenters. The fraction of sp³-hybridized carbons (Fsp3) is 0.0476. The predicted octanol–water partition coefficient (Wildman–Crippen LogP) is 4.34. The Hall–Kier alpha value is -3.39. The van der Waals surface area contributed by atoms with E-state index in [9.17, 15) is 19.4 Å². The Morgan fingerprint density at radius 3 is 2.72 bits per heavy atom. The van der Waals surface area contributed by atoms with Gasteiger partial charge in [0, 0.05) is 16.1 Å². The van der Waals surface area contributed by atoms with Crippen molar-refractivity contribution in [3.8, 4) is 17.2 Å². The molecule has 0 aliphatic carbocycles. The van der Waals surface area contributed by atoms with Crippen molar-refractivity contribution in [2.45, 2.75) is 6.61 Å². The van der Waals surface area contributed by atoms with Crippen molar-refractivity contribution in [3.05, 3.63) is 87.6 Å². The van der Waals surface area contributed by atoms with Gasteiger partial charge in [-0.25, -0.2) is 9.82 Å². The topological polar surface area (TPSA) is 91.2 Å². The van der Waals surface area contributed by atoms with Gasteiger partial charge in [0.1, 0.15) is 29.7 Å². The van der Waals surface area contributed by atoms with Crippen LogP contribution >= 0.6 is 15.9 Å². The third-order valence-corrected chi connectivity index (χ3v) is 4.34. The third-order valence-electron chi connectivity index (χ3n) is 3.85. The van der Waals surface area contributed by atoms with Gasteiger partial charge in [-0.05, 0) is 48.0 Å². The molecule has 0 unspecified atom stereocenters. The van der Waals surface area contributed by atoms with Crippen LogP contribution in [0.15, 0.2) is 70.2 Å². The van der Waals surface area contributed by atoms with E-state index in [1.165, 1.54) is 30.5 Å². The number of carbonyl (C=O) groups excluding carboxylic acids is 1. The average molecular weight is 459 g/mol. The zero-order valence-electron chi connectivity index (χ0n) is 15.0. The highest BCUT2D eigenvalue weighted by Crippen LogP contribution is 2.24. The molecule has 0 fully saturated rings. The van der Waals surface area contributed by atoms with Gasteiger partial charge in [-0.3, -0.25) is 4.79 Å². The van der Waals surface area contributed by atoms with E-state index in [4.69, 9.17) is 4.74 Å². The smallest absolute Gasteiger partial charge is 0.275 e. The van der Waals surface area contributed by atoms with Crippen molar-refractivity contribution < 1.29 is 24.1 Å². The first kappa shape index (κ1) is 20.3. The van der Waals surface area contributed by atoms with Gasteiger partial charge in [0.15, 0.2) is 0 Å². The first-order chi connectivity index (χ1) is 13.9. The maximum atomic E-state index is 13.3. The summed E-state index contributed by atoms with van der Waals surface area (Å²) in [5.74, 6) is -1.01. The van der Waals surface area contributed by atoms with Crippen LogP contribution in [-0.4, -0.2) is 22.3 Å². The summed E-state index contributed by atoms with van der Waals surface area (Å²) in [5.41, 5.74) is 3.52.